The van der Waals surface area contributed by atoms with Crippen LogP contribution in [-0.2, 0) is 6.54 Å². The molecule has 0 spiro atoms. The number of rotatable bonds is 8. The Bertz CT molecular complexity index is 1170. The minimum absolute atomic E-state index is 0.0681. The number of nitrogens with zero attached hydrogens (tertiary/aromatic N) is 3. The zero-order chi connectivity index (χ0) is 21.8. The van der Waals surface area contributed by atoms with Crippen LogP contribution in [0.2, 0.25) is 5.15 Å². The van der Waals surface area contributed by atoms with Gasteiger partial charge < -0.3 is 14.1 Å². The fraction of sp³-hybridized carbons (Fsp3) is 0.200. The van der Waals surface area contributed by atoms with Gasteiger partial charge in [0, 0.05) is 0 Å². The van der Waals surface area contributed by atoms with Crippen LogP contribution < -0.4 is 9.64 Å². The predicted octanol–water partition coefficient (Wildman–Crippen LogP) is 6.60. The van der Waals surface area contributed by atoms with Crippen molar-refractivity contribution in [3.8, 4) is 5.75 Å². The van der Waals surface area contributed by atoms with Crippen LogP contribution in [0.15, 0.2) is 83.5 Å². The molecule has 0 aliphatic carbocycles. The number of anilines is 1. The number of ether oxygens (including phenoxy) is 1. The molecule has 4 aromatic rings. The Morgan fingerprint density at radius 2 is 1.77 bits per heavy atom. The average molecular weight is 434 g/mol. The highest BCUT2D eigenvalue weighted by Crippen LogP contribution is 2.36. The number of furan rings is 1. The lowest BCUT2D eigenvalue weighted by molar-refractivity contribution is 0.414. The van der Waals surface area contributed by atoms with Gasteiger partial charge >= 0.3 is 0 Å². The summed E-state index contributed by atoms with van der Waals surface area (Å²) in [6.07, 6.45) is 2.39. The van der Waals surface area contributed by atoms with Crippen LogP contribution in [0.1, 0.15) is 30.7 Å². The van der Waals surface area contributed by atoms with E-state index in [2.05, 4.69) is 28.6 Å². The molecule has 0 amide bonds. The van der Waals surface area contributed by atoms with E-state index in [1.165, 1.54) is 0 Å². The number of fused-ring (bicyclic) bond motifs is 1. The molecule has 0 radical (unpaired) electrons. The second-order valence-corrected chi connectivity index (χ2v) is 7.84. The summed E-state index contributed by atoms with van der Waals surface area (Å²) in [7, 11) is 1.66. The molecule has 2 aromatic heterocycles. The molecular formula is C25H24ClN3O2. The molecule has 0 bridgehead atoms. The third-order valence-electron chi connectivity index (χ3n) is 5.11. The second kappa shape index (κ2) is 9.23. The first-order chi connectivity index (χ1) is 15.0. The first kappa shape index (κ1) is 20.9. The molecule has 0 aliphatic rings. The standard InChI is InChI=1S/C25H24ClN3O2/c1-17(2)15-23(18-10-12-19(30-3)13-11-18)29(16-20-7-6-14-31-20)25-24(26)27-21-8-4-5-9-22(21)28-25/h4-14,23H,1,15-16H2,2-3H3. The maximum Gasteiger partial charge on any atom is 0.172 e. The molecule has 1 atom stereocenters. The van der Waals surface area contributed by atoms with Crippen LogP contribution >= 0.6 is 11.6 Å². The van der Waals surface area contributed by atoms with Crippen LogP contribution in [0, 0.1) is 0 Å². The van der Waals surface area contributed by atoms with Gasteiger partial charge in [0.05, 0.1) is 37.0 Å². The summed E-state index contributed by atoms with van der Waals surface area (Å²) < 4.78 is 11.0. The average Bonchev–Trinajstić information content (AvgIpc) is 3.29. The summed E-state index contributed by atoms with van der Waals surface area (Å²) in [6.45, 7) is 6.67. The molecule has 0 N–H and O–H groups in total. The molecule has 0 fully saturated rings. The Hall–Kier alpha value is -3.31. The quantitative estimate of drug-likeness (QED) is 0.293. The SMILES string of the molecule is C=C(C)CC(c1ccc(OC)cc1)N(Cc1ccco1)c1nc2ccccc2nc1Cl. The van der Waals surface area contributed by atoms with Crippen LogP contribution in [0.4, 0.5) is 5.82 Å². The molecular weight excluding hydrogens is 410 g/mol. The summed E-state index contributed by atoms with van der Waals surface area (Å²) in [4.78, 5) is 11.6. The minimum Gasteiger partial charge on any atom is -0.497 e. The van der Waals surface area contributed by atoms with E-state index in [1.54, 1.807) is 13.4 Å². The van der Waals surface area contributed by atoms with Crippen LogP contribution in [0.25, 0.3) is 11.0 Å². The molecule has 31 heavy (non-hydrogen) atoms. The van der Waals surface area contributed by atoms with Gasteiger partial charge in [0.15, 0.2) is 11.0 Å². The third kappa shape index (κ3) is 4.72. The number of benzene rings is 2. The van der Waals surface area contributed by atoms with Gasteiger partial charge in [-0.2, -0.15) is 0 Å². The van der Waals surface area contributed by atoms with Gasteiger partial charge in [0.25, 0.3) is 0 Å². The fourth-order valence-corrected chi connectivity index (χ4v) is 3.86. The summed E-state index contributed by atoms with van der Waals surface area (Å²) in [5.41, 5.74) is 3.70. The number of aromatic nitrogens is 2. The molecule has 6 heteroatoms. The summed E-state index contributed by atoms with van der Waals surface area (Å²) in [6, 6.07) is 19.5. The summed E-state index contributed by atoms with van der Waals surface area (Å²) in [5.74, 6) is 2.23. The van der Waals surface area contributed by atoms with Crippen molar-refractivity contribution < 1.29 is 9.15 Å². The van der Waals surface area contributed by atoms with E-state index >= 15 is 0 Å². The van der Waals surface area contributed by atoms with E-state index in [0.29, 0.717) is 17.5 Å². The Balaban J connectivity index is 1.85. The van der Waals surface area contributed by atoms with Gasteiger partial charge in [-0.1, -0.05) is 41.4 Å². The normalized spacial score (nSPS) is 12.0. The lowest BCUT2D eigenvalue weighted by atomic mass is 9.98. The number of para-hydroxylation sites is 2. The van der Waals surface area contributed by atoms with Gasteiger partial charge in [0.1, 0.15) is 11.5 Å². The zero-order valence-corrected chi connectivity index (χ0v) is 18.3. The number of hydrogen-bond acceptors (Lipinski definition) is 5. The smallest absolute Gasteiger partial charge is 0.172 e. The maximum absolute atomic E-state index is 6.67. The van der Waals surface area contributed by atoms with Crippen molar-refractivity contribution in [1.29, 1.82) is 0 Å². The summed E-state index contributed by atoms with van der Waals surface area (Å²) >= 11 is 6.67. The molecule has 1 unspecified atom stereocenters. The molecule has 5 nitrogen and oxygen atoms in total. The highest BCUT2D eigenvalue weighted by molar-refractivity contribution is 6.32. The van der Waals surface area contributed by atoms with Crippen molar-refractivity contribution in [2.45, 2.75) is 25.9 Å². The Morgan fingerprint density at radius 1 is 1.06 bits per heavy atom. The highest BCUT2D eigenvalue weighted by Gasteiger charge is 2.26. The minimum atomic E-state index is -0.0681. The van der Waals surface area contributed by atoms with E-state index in [1.807, 2.05) is 55.5 Å². The Labute approximate surface area is 187 Å². The predicted molar refractivity (Wildman–Crippen MR) is 125 cm³/mol. The van der Waals surface area contributed by atoms with E-state index in [4.69, 9.17) is 25.7 Å². The van der Waals surface area contributed by atoms with Crippen molar-refractivity contribution in [2.75, 3.05) is 12.0 Å². The largest absolute Gasteiger partial charge is 0.497 e. The van der Waals surface area contributed by atoms with Crippen molar-refractivity contribution in [3.63, 3.8) is 0 Å². The molecule has 0 aliphatic heterocycles. The molecule has 0 saturated carbocycles. The van der Waals surface area contributed by atoms with E-state index in [9.17, 15) is 0 Å². The van der Waals surface area contributed by atoms with E-state index in [0.717, 1.165) is 40.1 Å². The van der Waals surface area contributed by atoms with E-state index in [-0.39, 0.29) is 6.04 Å². The van der Waals surface area contributed by atoms with Crippen LogP contribution in [-0.4, -0.2) is 17.1 Å². The molecule has 2 aromatic carbocycles. The molecule has 2 heterocycles. The number of methoxy groups -OCH3 is 1. The Morgan fingerprint density at radius 3 is 2.39 bits per heavy atom. The van der Waals surface area contributed by atoms with E-state index < -0.39 is 0 Å². The second-order valence-electron chi connectivity index (χ2n) is 7.48. The number of hydrogen-bond donors (Lipinski definition) is 0. The highest BCUT2D eigenvalue weighted by atomic mass is 35.5. The third-order valence-corrected chi connectivity index (χ3v) is 5.36. The van der Waals surface area contributed by atoms with Crippen molar-refractivity contribution in [2.24, 2.45) is 0 Å². The van der Waals surface area contributed by atoms with Gasteiger partial charge in [-0.15, -0.1) is 6.58 Å². The summed E-state index contributed by atoms with van der Waals surface area (Å²) in [5, 5.41) is 0.352. The van der Waals surface area contributed by atoms with Gasteiger partial charge in [-0.05, 0) is 55.3 Å². The van der Waals surface area contributed by atoms with Crippen molar-refractivity contribution in [3.05, 3.63) is 95.6 Å². The Kier molecular flexibility index (Phi) is 6.23. The fourth-order valence-electron chi connectivity index (χ4n) is 3.62. The molecule has 4 rings (SSSR count). The van der Waals surface area contributed by atoms with Gasteiger partial charge in [-0.3, -0.25) is 0 Å². The lowest BCUT2D eigenvalue weighted by Gasteiger charge is -2.33. The molecule has 0 saturated heterocycles. The van der Waals surface area contributed by atoms with Crippen LogP contribution in [0.3, 0.4) is 0 Å². The van der Waals surface area contributed by atoms with Crippen LogP contribution in [0.5, 0.6) is 5.75 Å². The topological polar surface area (TPSA) is 51.4 Å². The first-order valence-corrected chi connectivity index (χ1v) is 10.4. The monoisotopic (exact) mass is 433 g/mol. The first-order valence-electron chi connectivity index (χ1n) is 10.0. The van der Waals surface area contributed by atoms with Crippen molar-refractivity contribution in [1.82, 2.24) is 9.97 Å². The van der Waals surface area contributed by atoms with Gasteiger partial charge in [-0.25, -0.2) is 9.97 Å². The van der Waals surface area contributed by atoms with Crippen molar-refractivity contribution >= 4 is 28.5 Å². The molecule has 158 valence electrons. The maximum atomic E-state index is 6.67. The van der Waals surface area contributed by atoms with Gasteiger partial charge in [0.2, 0.25) is 0 Å². The zero-order valence-electron chi connectivity index (χ0n) is 17.6. The lowest BCUT2D eigenvalue weighted by Crippen LogP contribution is -2.30. The number of halogens is 1.